The fourth-order valence-electron chi connectivity index (χ4n) is 1.90. The molecular weight excluding hydrogens is 194 g/mol. The van der Waals surface area contributed by atoms with Gasteiger partial charge in [0.1, 0.15) is 0 Å². The molecule has 0 aromatic carbocycles. The molecule has 15 heavy (non-hydrogen) atoms. The first-order chi connectivity index (χ1) is 7.17. The van der Waals surface area contributed by atoms with Crippen LogP contribution in [0.15, 0.2) is 0 Å². The molecule has 5 heteroatoms. The van der Waals surface area contributed by atoms with E-state index in [4.69, 9.17) is 10.8 Å². The van der Waals surface area contributed by atoms with E-state index >= 15 is 0 Å². The van der Waals surface area contributed by atoms with Gasteiger partial charge in [0, 0.05) is 25.2 Å². The largest absolute Gasteiger partial charge is 0.395 e. The summed E-state index contributed by atoms with van der Waals surface area (Å²) in [4.78, 5) is 12.5. The minimum absolute atomic E-state index is 0.173. The predicted octanol–water partition coefficient (Wildman–Crippen LogP) is -0.110. The molecule has 0 bridgehead atoms. The van der Waals surface area contributed by atoms with Crippen molar-refractivity contribution in [3.8, 4) is 0 Å². The lowest BCUT2D eigenvalue weighted by Crippen LogP contribution is -2.49. The summed E-state index contributed by atoms with van der Waals surface area (Å²) in [6.45, 7) is 3.66. The van der Waals surface area contributed by atoms with E-state index in [0.717, 1.165) is 32.4 Å². The summed E-state index contributed by atoms with van der Waals surface area (Å²) in [6.07, 6.45) is 2.76. The summed E-state index contributed by atoms with van der Waals surface area (Å²) in [5, 5.41) is 12.4. The molecule has 1 heterocycles. The molecule has 1 aliphatic heterocycles. The summed E-state index contributed by atoms with van der Waals surface area (Å²) >= 11 is 0. The molecule has 1 unspecified atom stereocenters. The maximum absolute atomic E-state index is 10.9. The molecule has 4 N–H and O–H groups in total. The molecule has 1 saturated heterocycles. The van der Waals surface area contributed by atoms with E-state index in [1.165, 1.54) is 0 Å². The molecule has 0 aromatic rings. The van der Waals surface area contributed by atoms with Crippen LogP contribution >= 0.6 is 0 Å². The molecule has 1 atom stereocenters. The van der Waals surface area contributed by atoms with E-state index in [-0.39, 0.29) is 18.7 Å². The first kappa shape index (κ1) is 12.3. The van der Waals surface area contributed by atoms with Crippen molar-refractivity contribution in [1.82, 2.24) is 10.2 Å². The monoisotopic (exact) mass is 215 g/mol. The number of piperidine rings is 1. The number of nitrogens with one attached hydrogen (secondary N) is 1. The second kappa shape index (κ2) is 5.92. The molecule has 0 spiro atoms. The molecule has 88 valence electrons. The highest BCUT2D eigenvalue weighted by molar-refractivity contribution is 5.72. The number of aliphatic hydroxyl groups excluding tert-OH is 1. The Kier molecular flexibility index (Phi) is 4.84. The van der Waals surface area contributed by atoms with Crippen molar-refractivity contribution in [2.24, 2.45) is 5.73 Å². The van der Waals surface area contributed by atoms with Gasteiger partial charge in [0.15, 0.2) is 0 Å². The van der Waals surface area contributed by atoms with Gasteiger partial charge >= 0.3 is 6.03 Å². The van der Waals surface area contributed by atoms with Crippen molar-refractivity contribution >= 4 is 6.03 Å². The quantitative estimate of drug-likeness (QED) is 0.612. The number of hydrogen-bond donors (Lipinski definition) is 3. The molecule has 1 aliphatic rings. The van der Waals surface area contributed by atoms with E-state index in [2.05, 4.69) is 5.32 Å². The van der Waals surface area contributed by atoms with E-state index in [0.29, 0.717) is 6.04 Å². The lowest BCUT2D eigenvalue weighted by atomic mass is 10.0. The Morgan fingerprint density at radius 1 is 1.60 bits per heavy atom. The van der Waals surface area contributed by atoms with Crippen LogP contribution in [0.25, 0.3) is 0 Å². The SMILES string of the molecule is CCC(CO)NC1CCN(C(N)=O)CC1. The van der Waals surface area contributed by atoms with Gasteiger partial charge in [-0.3, -0.25) is 0 Å². The van der Waals surface area contributed by atoms with Gasteiger partial charge in [-0.15, -0.1) is 0 Å². The van der Waals surface area contributed by atoms with Crippen LogP contribution in [0, 0.1) is 0 Å². The third kappa shape index (κ3) is 3.68. The first-order valence-corrected chi connectivity index (χ1v) is 5.58. The van der Waals surface area contributed by atoms with Crippen molar-refractivity contribution in [2.45, 2.75) is 38.3 Å². The maximum atomic E-state index is 10.9. The average molecular weight is 215 g/mol. The zero-order valence-corrected chi connectivity index (χ0v) is 9.28. The van der Waals surface area contributed by atoms with E-state index < -0.39 is 0 Å². The Labute approximate surface area is 90.6 Å². The van der Waals surface area contributed by atoms with Crippen molar-refractivity contribution in [1.29, 1.82) is 0 Å². The molecule has 0 saturated carbocycles. The summed E-state index contributed by atoms with van der Waals surface area (Å²) in [5.41, 5.74) is 5.19. The van der Waals surface area contributed by atoms with Crippen LogP contribution in [0.1, 0.15) is 26.2 Å². The number of likely N-dealkylation sites (tertiary alicyclic amines) is 1. The highest BCUT2D eigenvalue weighted by Crippen LogP contribution is 2.11. The van der Waals surface area contributed by atoms with Gasteiger partial charge in [-0.05, 0) is 19.3 Å². The van der Waals surface area contributed by atoms with Crippen LogP contribution in [0.5, 0.6) is 0 Å². The molecule has 5 nitrogen and oxygen atoms in total. The highest BCUT2D eigenvalue weighted by Gasteiger charge is 2.22. The average Bonchev–Trinajstić information content (AvgIpc) is 2.26. The van der Waals surface area contributed by atoms with E-state index in [9.17, 15) is 4.79 Å². The lowest BCUT2D eigenvalue weighted by Gasteiger charge is -2.33. The van der Waals surface area contributed by atoms with Crippen LogP contribution in [0.2, 0.25) is 0 Å². The highest BCUT2D eigenvalue weighted by atomic mass is 16.3. The van der Waals surface area contributed by atoms with Crippen LogP contribution in [0.4, 0.5) is 4.79 Å². The molecule has 2 amide bonds. The second-order valence-electron chi connectivity index (χ2n) is 4.05. The predicted molar refractivity (Wildman–Crippen MR) is 58.5 cm³/mol. The van der Waals surface area contributed by atoms with Gasteiger partial charge in [0.25, 0.3) is 0 Å². The van der Waals surface area contributed by atoms with Crippen molar-refractivity contribution in [2.75, 3.05) is 19.7 Å². The fraction of sp³-hybridized carbons (Fsp3) is 0.900. The smallest absolute Gasteiger partial charge is 0.314 e. The number of primary amides is 1. The summed E-state index contributed by atoms with van der Waals surface area (Å²) < 4.78 is 0. The Morgan fingerprint density at radius 2 is 2.20 bits per heavy atom. The molecule has 1 rings (SSSR count). The molecule has 0 radical (unpaired) electrons. The number of nitrogens with two attached hydrogens (primary N) is 1. The number of nitrogens with zero attached hydrogens (tertiary/aromatic N) is 1. The van der Waals surface area contributed by atoms with Crippen LogP contribution in [-0.2, 0) is 0 Å². The number of carbonyl (C=O) groups is 1. The Hall–Kier alpha value is -0.810. The number of hydrogen-bond acceptors (Lipinski definition) is 3. The molecule has 0 aromatic heterocycles. The number of aliphatic hydroxyl groups is 1. The summed E-state index contributed by atoms with van der Waals surface area (Å²) in [6, 6.07) is 0.246. The minimum Gasteiger partial charge on any atom is -0.395 e. The zero-order valence-electron chi connectivity index (χ0n) is 9.28. The second-order valence-corrected chi connectivity index (χ2v) is 4.05. The van der Waals surface area contributed by atoms with E-state index in [1.54, 1.807) is 4.90 Å². The number of rotatable bonds is 4. The molecule has 1 fully saturated rings. The Bertz CT molecular complexity index is 199. The number of amides is 2. The van der Waals surface area contributed by atoms with Gasteiger partial charge in [0.05, 0.1) is 6.61 Å². The summed E-state index contributed by atoms with van der Waals surface area (Å²) in [7, 11) is 0. The third-order valence-electron chi connectivity index (χ3n) is 2.99. The van der Waals surface area contributed by atoms with Crippen molar-refractivity contribution in [3.05, 3.63) is 0 Å². The van der Waals surface area contributed by atoms with Gasteiger partial charge in [-0.25, -0.2) is 4.79 Å². The normalized spacial score (nSPS) is 20.3. The van der Waals surface area contributed by atoms with Gasteiger partial charge in [-0.1, -0.05) is 6.92 Å². The maximum Gasteiger partial charge on any atom is 0.314 e. The van der Waals surface area contributed by atoms with E-state index in [1.807, 2.05) is 6.92 Å². The number of carbonyl (C=O) groups excluding carboxylic acids is 1. The Balaban J connectivity index is 2.28. The van der Waals surface area contributed by atoms with Crippen molar-refractivity contribution < 1.29 is 9.90 Å². The zero-order chi connectivity index (χ0) is 11.3. The first-order valence-electron chi connectivity index (χ1n) is 5.58. The van der Waals surface area contributed by atoms with Crippen LogP contribution in [-0.4, -0.2) is 47.8 Å². The van der Waals surface area contributed by atoms with Crippen LogP contribution < -0.4 is 11.1 Å². The van der Waals surface area contributed by atoms with Gasteiger partial charge in [-0.2, -0.15) is 0 Å². The topological polar surface area (TPSA) is 78.6 Å². The number of urea groups is 1. The third-order valence-corrected chi connectivity index (χ3v) is 2.99. The minimum atomic E-state index is -0.331. The van der Waals surface area contributed by atoms with Gasteiger partial charge < -0.3 is 21.1 Å². The van der Waals surface area contributed by atoms with Crippen molar-refractivity contribution in [3.63, 3.8) is 0 Å². The fourth-order valence-corrected chi connectivity index (χ4v) is 1.90. The molecule has 0 aliphatic carbocycles. The van der Waals surface area contributed by atoms with Gasteiger partial charge in [0.2, 0.25) is 0 Å². The Morgan fingerprint density at radius 3 is 2.60 bits per heavy atom. The summed E-state index contributed by atoms with van der Waals surface area (Å²) in [5.74, 6) is 0. The lowest BCUT2D eigenvalue weighted by molar-refractivity contribution is 0.171. The standard InChI is InChI=1S/C10H21N3O2/c1-2-8(7-14)12-9-3-5-13(6-4-9)10(11)15/h8-9,12,14H,2-7H2,1H3,(H2,11,15). The molecular formula is C10H21N3O2. The van der Waals surface area contributed by atoms with Crippen LogP contribution in [0.3, 0.4) is 0 Å².